The van der Waals surface area contributed by atoms with Crippen LogP contribution in [0.5, 0.6) is 5.75 Å². The predicted molar refractivity (Wildman–Crippen MR) is 110 cm³/mol. The van der Waals surface area contributed by atoms with Crippen LogP contribution in [0.4, 0.5) is 0 Å². The zero-order valence-corrected chi connectivity index (χ0v) is 17.3. The number of carbonyl (C=O) groups excluding carboxylic acids is 1. The summed E-state index contributed by atoms with van der Waals surface area (Å²) in [4.78, 5) is 13.3. The van der Waals surface area contributed by atoms with Gasteiger partial charge in [0.2, 0.25) is 0 Å². The number of nitrogens with one attached hydrogen (secondary N) is 1. The second-order valence-electron chi connectivity index (χ2n) is 7.13. The van der Waals surface area contributed by atoms with Crippen molar-refractivity contribution in [1.82, 2.24) is 5.32 Å². The maximum atomic E-state index is 12.2. The number of benzene rings is 2. The van der Waals surface area contributed by atoms with Gasteiger partial charge in [0.1, 0.15) is 5.75 Å². The van der Waals surface area contributed by atoms with Gasteiger partial charge in [0, 0.05) is 22.2 Å². The molecule has 0 saturated carbocycles. The summed E-state index contributed by atoms with van der Waals surface area (Å²) in [7, 11) is 0. The summed E-state index contributed by atoms with van der Waals surface area (Å²) in [5.41, 5.74) is 1.34. The number of ether oxygens (including phenoxy) is 1. The van der Waals surface area contributed by atoms with Gasteiger partial charge in [-0.25, -0.2) is 0 Å². The lowest BCUT2D eigenvalue weighted by atomic mass is 9.87. The molecule has 2 aromatic rings. The Morgan fingerprint density at radius 2 is 1.73 bits per heavy atom. The molecule has 2 aromatic carbocycles. The van der Waals surface area contributed by atoms with E-state index in [0.29, 0.717) is 12.3 Å². The first-order valence-corrected chi connectivity index (χ1v) is 10.1. The van der Waals surface area contributed by atoms with Crippen LogP contribution in [0, 0.1) is 0 Å². The summed E-state index contributed by atoms with van der Waals surface area (Å²) in [6, 6.07) is 15.6. The number of amides is 1. The second-order valence-corrected chi connectivity index (χ2v) is 8.73. The van der Waals surface area contributed by atoms with Gasteiger partial charge in [-0.1, -0.05) is 44.5 Å². The molecule has 0 aliphatic carbocycles. The van der Waals surface area contributed by atoms with Crippen molar-refractivity contribution >= 4 is 29.3 Å². The highest BCUT2D eigenvalue weighted by atomic mass is 35.5. The van der Waals surface area contributed by atoms with E-state index in [0.717, 1.165) is 15.7 Å². The Hall–Kier alpha value is -1.65. The molecule has 0 fully saturated rings. The van der Waals surface area contributed by atoms with E-state index in [4.69, 9.17) is 16.3 Å². The number of rotatable bonds is 7. The van der Waals surface area contributed by atoms with Crippen molar-refractivity contribution in [2.75, 3.05) is 12.3 Å². The molecule has 3 nitrogen and oxygen atoms in total. The number of hydrogen-bond acceptors (Lipinski definition) is 3. The number of carbonyl (C=O) groups is 1. The van der Waals surface area contributed by atoms with Crippen molar-refractivity contribution in [3.05, 3.63) is 59.1 Å². The summed E-state index contributed by atoms with van der Waals surface area (Å²) in [5, 5.41) is 3.64. The summed E-state index contributed by atoms with van der Waals surface area (Å²) in [5.74, 6) is 1.39. The highest BCUT2D eigenvalue weighted by Crippen LogP contribution is 2.24. The van der Waals surface area contributed by atoms with Gasteiger partial charge in [0.25, 0.3) is 5.91 Å². The first kappa shape index (κ1) is 20.7. The molecular formula is C21H26ClNO2S. The smallest absolute Gasteiger partial charge is 0.260 e. The van der Waals surface area contributed by atoms with Crippen LogP contribution >= 0.6 is 23.4 Å². The number of halogens is 1. The molecule has 2 rings (SSSR count). The standard InChI is InChI=1S/C21H26ClNO2S/c1-15(25-18-9-5-16(6-10-18)21(2,3)4)20(24)23-13-14-26-19-11-7-17(22)8-12-19/h5-12,15H,13-14H2,1-4H3,(H,23,24)/t15-/m0/s1. The van der Waals surface area contributed by atoms with Crippen LogP contribution in [0.1, 0.15) is 33.3 Å². The summed E-state index contributed by atoms with van der Waals surface area (Å²) >= 11 is 7.54. The monoisotopic (exact) mass is 391 g/mol. The Morgan fingerprint density at radius 3 is 2.31 bits per heavy atom. The van der Waals surface area contributed by atoms with Crippen molar-refractivity contribution in [3.8, 4) is 5.75 Å². The van der Waals surface area contributed by atoms with Gasteiger partial charge in [0.15, 0.2) is 6.10 Å². The zero-order chi connectivity index (χ0) is 19.2. The van der Waals surface area contributed by atoms with E-state index in [9.17, 15) is 4.79 Å². The Bertz CT molecular complexity index is 708. The van der Waals surface area contributed by atoms with Gasteiger partial charge in [-0.15, -0.1) is 11.8 Å². The van der Waals surface area contributed by atoms with Crippen LogP contribution < -0.4 is 10.1 Å². The van der Waals surface area contributed by atoms with Crippen LogP contribution in [-0.2, 0) is 10.2 Å². The van der Waals surface area contributed by atoms with Gasteiger partial charge in [-0.3, -0.25) is 4.79 Å². The second kappa shape index (κ2) is 9.33. The number of hydrogen-bond donors (Lipinski definition) is 1. The Kier molecular flexibility index (Phi) is 7.42. The lowest BCUT2D eigenvalue weighted by Gasteiger charge is -2.20. The van der Waals surface area contributed by atoms with Gasteiger partial charge in [0.05, 0.1) is 0 Å². The SMILES string of the molecule is C[C@H](Oc1ccc(C(C)(C)C)cc1)C(=O)NCCSc1ccc(Cl)cc1. The summed E-state index contributed by atoms with van der Waals surface area (Å²) < 4.78 is 5.74. The molecule has 0 bridgehead atoms. The van der Waals surface area contributed by atoms with Crippen LogP contribution in [0.15, 0.2) is 53.4 Å². The molecule has 0 aromatic heterocycles. The van der Waals surface area contributed by atoms with Gasteiger partial charge >= 0.3 is 0 Å². The van der Waals surface area contributed by atoms with E-state index in [2.05, 4.69) is 26.1 Å². The molecule has 0 saturated heterocycles. The highest BCUT2D eigenvalue weighted by Gasteiger charge is 2.16. The molecule has 0 spiro atoms. The van der Waals surface area contributed by atoms with E-state index in [1.165, 1.54) is 5.56 Å². The maximum absolute atomic E-state index is 12.2. The van der Waals surface area contributed by atoms with Crippen molar-refractivity contribution < 1.29 is 9.53 Å². The first-order valence-electron chi connectivity index (χ1n) is 8.69. The molecule has 5 heteroatoms. The summed E-state index contributed by atoms with van der Waals surface area (Å²) in [6.45, 7) is 8.85. The highest BCUT2D eigenvalue weighted by molar-refractivity contribution is 7.99. The molecule has 0 unspecified atom stereocenters. The normalized spacial score (nSPS) is 12.5. The van der Waals surface area contributed by atoms with Crippen LogP contribution in [0.2, 0.25) is 5.02 Å². The molecule has 0 aliphatic rings. The number of thioether (sulfide) groups is 1. The average molecular weight is 392 g/mol. The van der Waals surface area contributed by atoms with Crippen molar-refractivity contribution in [1.29, 1.82) is 0 Å². The topological polar surface area (TPSA) is 38.3 Å². The van der Waals surface area contributed by atoms with Crippen LogP contribution in [-0.4, -0.2) is 24.3 Å². The van der Waals surface area contributed by atoms with Crippen LogP contribution in [0.3, 0.4) is 0 Å². The molecule has 0 radical (unpaired) electrons. The van der Waals surface area contributed by atoms with Gasteiger partial charge in [-0.2, -0.15) is 0 Å². The third-order valence-electron chi connectivity index (χ3n) is 3.89. The average Bonchev–Trinajstić information content (AvgIpc) is 2.59. The minimum Gasteiger partial charge on any atom is -0.481 e. The summed E-state index contributed by atoms with van der Waals surface area (Å²) in [6.07, 6.45) is -0.531. The molecular weight excluding hydrogens is 366 g/mol. The lowest BCUT2D eigenvalue weighted by molar-refractivity contribution is -0.127. The predicted octanol–water partition coefficient (Wildman–Crippen LogP) is 5.31. The third kappa shape index (κ3) is 6.58. The molecule has 140 valence electrons. The fourth-order valence-corrected chi connectivity index (χ4v) is 3.20. The lowest BCUT2D eigenvalue weighted by Crippen LogP contribution is -2.37. The van der Waals surface area contributed by atoms with E-state index in [1.807, 2.05) is 48.5 Å². The molecule has 1 amide bonds. The Morgan fingerprint density at radius 1 is 1.12 bits per heavy atom. The zero-order valence-electron chi connectivity index (χ0n) is 15.7. The van der Waals surface area contributed by atoms with Crippen molar-refractivity contribution in [2.24, 2.45) is 0 Å². The quantitative estimate of drug-likeness (QED) is 0.513. The fourth-order valence-electron chi connectivity index (χ4n) is 2.31. The van der Waals surface area contributed by atoms with Crippen molar-refractivity contribution in [2.45, 2.75) is 44.1 Å². The minimum atomic E-state index is -0.531. The van der Waals surface area contributed by atoms with E-state index < -0.39 is 6.10 Å². The minimum absolute atomic E-state index is 0.100. The third-order valence-corrected chi connectivity index (χ3v) is 5.15. The Labute approximate surface area is 165 Å². The molecule has 1 atom stereocenters. The van der Waals surface area contributed by atoms with Gasteiger partial charge in [-0.05, 0) is 54.3 Å². The van der Waals surface area contributed by atoms with Gasteiger partial charge < -0.3 is 10.1 Å². The molecule has 26 heavy (non-hydrogen) atoms. The Balaban J connectivity index is 1.74. The molecule has 0 aliphatic heterocycles. The van der Waals surface area contributed by atoms with E-state index >= 15 is 0 Å². The van der Waals surface area contributed by atoms with E-state index in [-0.39, 0.29) is 11.3 Å². The first-order chi connectivity index (χ1) is 12.3. The molecule has 0 heterocycles. The van der Waals surface area contributed by atoms with Crippen molar-refractivity contribution in [3.63, 3.8) is 0 Å². The van der Waals surface area contributed by atoms with Crippen LogP contribution in [0.25, 0.3) is 0 Å². The molecule has 1 N–H and O–H groups in total. The largest absolute Gasteiger partial charge is 0.481 e. The fraction of sp³-hybridized carbons (Fsp3) is 0.381. The van der Waals surface area contributed by atoms with E-state index in [1.54, 1.807) is 18.7 Å². The maximum Gasteiger partial charge on any atom is 0.260 e.